The number of tetrazole rings is 1. The van der Waals surface area contributed by atoms with Gasteiger partial charge >= 0.3 is 0 Å². The van der Waals surface area contributed by atoms with E-state index in [1.165, 1.54) is 4.80 Å². The van der Waals surface area contributed by atoms with Crippen LogP contribution in [0.3, 0.4) is 0 Å². The molecule has 2 N–H and O–H groups in total. The molecular formula is C15H21N5O3. The number of rotatable bonds is 7. The summed E-state index contributed by atoms with van der Waals surface area (Å²) in [5.74, 6) is 0.984. The summed E-state index contributed by atoms with van der Waals surface area (Å²) >= 11 is 0. The van der Waals surface area contributed by atoms with Crippen LogP contribution in [0.5, 0.6) is 5.75 Å². The number of hydrogen-bond donors (Lipinski definition) is 2. The average Bonchev–Trinajstić information content (AvgIpc) is 2.97. The van der Waals surface area contributed by atoms with Crippen molar-refractivity contribution < 1.29 is 14.6 Å². The molecule has 0 fully saturated rings. The van der Waals surface area contributed by atoms with Gasteiger partial charge in [-0.15, -0.1) is 10.2 Å². The maximum atomic E-state index is 11.8. The molecule has 1 atom stereocenters. The van der Waals surface area contributed by atoms with Crippen molar-refractivity contribution >= 4 is 5.91 Å². The van der Waals surface area contributed by atoms with Gasteiger partial charge in [-0.1, -0.05) is 13.8 Å². The fourth-order valence-electron chi connectivity index (χ4n) is 1.92. The maximum Gasteiger partial charge on any atom is 0.258 e. The van der Waals surface area contributed by atoms with E-state index < -0.39 is 0 Å². The highest BCUT2D eigenvalue weighted by molar-refractivity contribution is 5.77. The first-order valence-corrected chi connectivity index (χ1v) is 7.37. The fraction of sp³-hybridized carbons (Fsp3) is 0.467. The molecule has 0 aliphatic heterocycles. The van der Waals surface area contributed by atoms with Crippen molar-refractivity contribution in [1.82, 2.24) is 25.5 Å². The third kappa shape index (κ3) is 4.75. The first kappa shape index (κ1) is 16.9. The molecular weight excluding hydrogens is 298 g/mol. The number of aliphatic hydroxyl groups is 1. The van der Waals surface area contributed by atoms with Crippen LogP contribution < -0.4 is 10.1 Å². The van der Waals surface area contributed by atoms with Crippen LogP contribution in [0.25, 0.3) is 11.4 Å². The van der Waals surface area contributed by atoms with Gasteiger partial charge in [-0.25, -0.2) is 0 Å². The highest BCUT2D eigenvalue weighted by Gasteiger charge is 2.15. The Morgan fingerprint density at radius 1 is 1.35 bits per heavy atom. The van der Waals surface area contributed by atoms with E-state index in [4.69, 9.17) is 4.74 Å². The van der Waals surface area contributed by atoms with E-state index in [1.807, 2.05) is 13.8 Å². The second kappa shape index (κ2) is 7.68. The molecule has 124 valence electrons. The number of hydrogen-bond acceptors (Lipinski definition) is 6. The van der Waals surface area contributed by atoms with Crippen molar-refractivity contribution in [3.63, 3.8) is 0 Å². The van der Waals surface area contributed by atoms with Gasteiger partial charge in [0.1, 0.15) is 5.75 Å². The molecule has 23 heavy (non-hydrogen) atoms. The van der Waals surface area contributed by atoms with Gasteiger partial charge in [0, 0.05) is 5.56 Å². The Morgan fingerprint density at radius 2 is 2.04 bits per heavy atom. The van der Waals surface area contributed by atoms with Crippen LogP contribution in [0, 0.1) is 5.92 Å². The number of amides is 1. The van der Waals surface area contributed by atoms with Gasteiger partial charge in [0.25, 0.3) is 5.91 Å². The Kier molecular flexibility index (Phi) is 5.64. The SMILES string of the molecule is CC(C)C(CO)NC(=O)COc1ccc(-c2nnn(C)n2)cc1. The van der Waals surface area contributed by atoms with Crippen molar-refractivity contribution in [2.45, 2.75) is 19.9 Å². The number of carbonyl (C=O) groups is 1. The first-order chi connectivity index (χ1) is 11.0. The normalized spacial score (nSPS) is 12.2. The van der Waals surface area contributed by atoms with Gasteiger partial charge in [0.2, 0.25) is 5.82 Å². The molecule has 0 aliphatic carbocycles. The lowest BCUT2D eigenvalue weighted by Crippen LogP contribution is -2.43. The van der Waals surface area contributed by atoms with Crippen molar-refractivity contribution in [1.29, 1.82) is 0 Å². The van der Waals surface area contributed by atoms with Gasteiger partial charge in [-0.2, -0.15) is 4.80 Å². The number of aromatic nitrogens is 4. The molecule has 1 aromatic carbocycles. The lowest BCUT2D eigenvalue weighted by atomic mass is 10.1. The molecule has 0 saturated heterocycles. The minimum Gasteiger partial charge on any atom is -0.484 e. The van der Waals surface area contributed by atoms with E-state index in [-0.39, 0.29) is 31.1 Å². The monoisotopic (exact) mass is 319 g/mol. The molecule has 2 aromatic rings. The van der Waals surface area contributed by atoms with Crippen molar-refractivity contribution in [3.8, 4) is 17.1 Å². The Labute approximate surface area is 134 Å². The van der Waals surface area contributed by atoms with Gasteiger partial charge in [0.15, 0.2) is 6.61 Å². The largest absolute Gasteiger partial charge is 0.484 e. The summed E-state index contributed by atoms with van der Waals surface area (Å²) in [5.41, 5.74) is 0.815. The zero-order valence-corrected chi connectivity index (χ0v) is 13.4. The Morgan fingerprint density at radius 3 is 2.57 bits per heavy atom. The number of nitrogens with one attached hydrogen (secondary N) is 1. The summed E-state index contributed by atoms with van der Waals surface area (Å²) in [6.07, 6.45) is 0. The summed E-state index contributed by atoms with van der Waals surface area (Å²) in [7, 11) is 1.70. The Balaban J connectivity index is 1.88. The standard InChI is InChI=1S/C15H21N5O3/c1-10(2)13(8-21)16-14(22)9-23-12-6-4-11(5-7-12)15-17-19-20(3)18-15/h4-7,10,13,21H,8-9H2,1-3H3,(H,16,22). The molecule has 8 heteroatoms. The minimum atomic E-state index is -0.267. The maximum absolute atomic E-state index is 11.8. The van der Waals surface area contributed by atoms with Crippen LogP contribution in [0.1, 0.15) is 13.8 Å². The third-order valence-corrected chi connectivity index (χ3v) is 3.34. The number of carbonyl (C=O) groups excluding carboxylic acids is 1. The number of benzene rings is 1. The highest BCUT2D eigenvalue weighted by atomic mass is 16.5. The lowest BCUT2D eigenvalue weighted by Gasteiger charge is -2.19. The Hall–Kier alpha value is -2.48. The van der Waals surface area contributed by atoms with Crippen molar-refractivity contribution in [2.75, 3.05) is 13.2 Å². The molecule has 0 spiro atoms. The van der Waals surface area contributed by atoms with Crippen molar-refractivity contribution in [3.05, 3.63) is 24.3 Å². The second-order valence-electron chi connectivity index (χ2n) is 5.52. The van der Waals surface area contributed by atoms with Crippen LogP contribution in [-0.2, 0) is 11.8 Å². The van der Waals surface area contributed by atoms with Crippen molar-refractivity contribution in [2.24, 2.45) is 13.0 Å². The quantitative estimate of drug-likeness (QED) is 0.765. The predicted molar refractivity (Wildman–Crippen MR) is 83.6 cm³/mol. The minimum absolute atomic E-state index is 0.0940. The fourth-order valence-corrected chi connectivity index (χ4v) is 1.92. The summed E-state index contributed by atoms with van der Waals surface area (Å²) in [4.78, 5) is 13.2. The molecule has 0 bridgehead atoms. The van der Waals surface area contributed by atoms with E-state index in [1.54, 1.807) is 31.3 Å². The van der Waals surface area contributed by atoms with Crippen LogP contribution >= 0.6 is 0 Å². The van der Waals surface area contributed by atoms with Gasteiger partial charge < -0.3 is 15.2 Å². The summed E-state index contributed by atoms with van der Waals surface area (Å²) < 4.78 is 5.43. The van der Waals surface area contributed by atoms with E-state index in [9.17, 15) is 9.90 Å². The zero-order valence-electron chi connectivity index (χ0n) is 13.4. The topological polar surface area (TPSA) is 102 Å². The molecule has 8 nitrogen and oxygen atoms in total. The van der Waals surface area contributed by atoms with Gasteiger partial charge in [-0.3, -0.25) is 4.79 Å². The summed E-state index contributed by atoms with van der Waals surface area (Å²) in [6, 6.07) is 6.82. The second-order valence-corrected chi connectivity index (χ2v) is 5.52. The summed E-state index contributed by atoms with van der Waals surface area (Å²) in [5, 5.41) is 23.7. The third-order valence-electron chi connectivity index (χ3n) is 3.34. The summed E-state index contributed by atoms with van der Waals surface area (Å²) in [6.45, 7) is 3.66. The van der Waals surface area contributed by atoms with E-state index in [0.717, 1.165) is 5.56 Å². The average molecular weight is 319 g/mol. The molecule has 1 heterocycles. The number of aliphatic hydroxyl groups excluding tert-OH is 1. The van der Waals surface area contributed by atoms with Gasteiger partial charge in [0.05, 0.1) is 19.7 Å². The van der Waals surface area contributed by atoms with Crippen LogP contribution in [0.15, 0.2) is 24.3 Å². The molecule has 1 aromatic heterocycles. The molecule has 0 radical (unpaired) electrons. The highest BCUT2D eigenvalue weighted by Crippen LogP contribution is 2.18. The molecule has 0 aliphatic rings. The first-order valence-electron chi connectivity index (χ1n) is 7.37. The van der Waals surface area contributed by atoms with E-state index in [0.29, 0.717) is 11.6 Å². The smallest absolute Gasteiger partial charge is 0.258 e. The number of aryl methyl sites for hydroxylation is 1. The van der Waals surface area contributed by atoms with E-state index in [2.05, 4.69) is 20.7 Å². The van der Waals surface area contributed by atoms with Crippen LogP contribution in [-0.4, -0.2) is 50.5 Å². The predicted octanol–water partition coefficient (Wildman–Crippen LogP) is 0.389. The number of ether oxygens (including phenoxy) is 1. The molecule has 1 unspecified atom stereocenters. The van der Waals surface area contributed by atoms with Crippen LogP contribution in [0.4, 0.5) is 0 Å². The molecule has 1 amide bonds. The zero-order chi connectivity index (χ0) is 16.8. The molecule has 2 rings (SSSR count). The number of nitrogens with zero attached hydrogens (tertiary/aromatic N) is 4. The van der Waals surface area contributed by atoms with Crippen LogP contribution in [0.2, 0.25) is 0 Å². The van der Waals surface area contributed by atoms with Gasteiger partial charge in [-0.05, 0) is 35.4 Å². The molecule has 0 saturated carbocycles. The lowest BCUT2D eigenvalue weighted by molar-refractivity contribution is -0.124. The Bertz CT molecular complexity index is 639. The van der Waals surface area contributed by atoms with E-state index >= 15 is 0 Å².